The van der Waals surface area contributed by atoms with Gasteiger partial charge in [-0.2, -0.15) is 5.26 Å². The molecule has 0 amide bonds. The minimum Gasteiger partial charge on any atom is -0.338 e. The van der Waals surface area contributed by atoms with E-state index in [2.05, 4.69) is 16.0 Å². The Kier molecular flexibility index (Phi) is 4.46. The summed E-state index contributed by atoms with van der Waals surface area (Å²) < 4.78 is 27.8. The second-order valence-corrected chi connectivity index (χ2v) is 9.25. The molecule has 3 aromatic rings. The fourth-order valence-electron chi connectivity index (χ4n) is 2.58. The smallest absolute Gasteiger partial charge is 0.180 e. The molecule has 0 radical (unpaired) electrons. The van der Waals surface area contributed by atoms with E-state index in [-0.39, 0.29) is 10.6 Å². The van der Waals surface area contributed by atoms with Crippen LogP contribution >= 0.6 is 12.2 Å². The van der Waals surface area contributed by atoms with Crippen molar-refractivity contribution in [3.05, 3.63) is 46.9 Å². The third kappa shape index (κ3) is 3.16. The van der Waals surface area contributed by atoms with E-state index in [1.165, 1.54) is 0 Å². The summed E-state index contributed by atoms with van der Waals surface area (Å²) in [6.07, 6.45) is 5.14. The first-order valence-corrected chi connectivity index (χ1v) is 10.1. The minimum absolute atomic E-state index is 0.0538. The van der Waals surface area contributed by atoms with Crippen LogP contribution in [0.3, 0.4) is 0 Å². The zero-order valence-corrected chi connectivity index (χ0v) is 16.3. The second-order valence-electron chi connectivity index (χ2n) is 6.53. The molecule has 3 rings (SSSR count). The zero-order chi connectivity index (χ0) is 19.1. The molecule has 3 heterocycles. The number of sulfone groups is 1. The van der Waals surface area contributed by atoms with Gasteiger partial charge in [0, 0.05) is 23.1 Å². The number of pyridine rings is 2. The summed E-state index contributed by atoms with van der Waals surface area (Å²) in [4.78, 5) is 7.68. The van der Waals surface area contributed by atoms with Crippen molar-refractivity contribution in [1.82, 2.24) is 14.4 Å². The van der Waals surface area contributed by atoms with E-state index in [9.17, 15) is 13.7 Å². The first-order chi connectivity index (χ1) is 12.2. The average Bonchev–Trinajstić information content (AvgIpc) is 3.04. The van der Waals surface area contributed by atoms with Gasteiger partial charge in [0.25, 0.3) is 0 Å². The van der Waals surface area contributed by atoms with E-state index in [1.54, 1.807) is 57.6 Å². The van der Waals surface area contributed by atoms with Crippen LogP contribution in [0.1, 0.15) is 26.3 Å². The number of hydrogen-bond donors (Lipinski definition) is 1. The van der Waals surface area contributed by atoms with E-state index in [0.29, 0.717) is 21.5 Å². The van der Waals surface area contributed by atoms with Crippen LogP contribution in [0, 0.1) is 15.8 Å². The highest BCUT2D eigenvalue weighted by Gasteiger charge is 2.26. The maximum atomic E-state index is 12.7. The molecule has 0 aliphatic heterocycles. The molecule has 0 saturated heterocycles. The van der Waals surface area contributed by atoms with Crippen molar-refractivity contribution in [3.8, 4) is 17.5 Å². The van der Waals surface area contributed by atoms with Crippen LogP contribution in [-0.4, -0.2) is 28.5 Å². The number of nitrogens with zero attached hydrogens (tertiary/aromatic N) is 3. The average molecular weight is 387 g/mol. The van der Waals surface area contributed by atoms with Gasteiger partial charge in [-0.25, -0.2) is 8.42 Å². The number of hydrogen-bond acceptors (Lipinski definition) is 5. The van der Waals surface area contributed by atoms with Crippen LogP contribution in [0.2, 0.25) is 0 Å². The van der Waals surface area contributed by atoms with Gasteiger partial charge in [0.2, 0.25) is 0 Å². The molecule has 0 atom stereocenters. The number of imidazole rings is 1. The molecule has 8 heteroatoms. The van der Waals surface area contributed by atoms with E-state index in [0.717, 1.165) is 5.65 Å². The lowest BCUT2D eigenvalue weighted by atomic mass is 9.87. The van der Waals surface area contributed by atoms with Gasteiger partial charge in [-0.05, 0) is 37.6 Å². The van der Waals surface area contributed by atoms with Crippen molar-refractivity contribution in [2.24, 2.45) is 0 Å². The first-order valence-electron chi connectivity index (χ1n) is 8.04. The molecular weight excluding hydrogens is 368 g/mol. The van der Waals surface area contributed by atoms with E-state index >= 15 is 0 Å². The third-order valence-electron chi connectivity index (χ3n) is 4.31. The molecule has 26 heavy (non-hydrogen) atoms. The Morgan fingerprint density at radius 1 is 1.38 bits per heavy atom. The molecule has 1 N–H and O–H groups in total. The molecule has 0 spiro atoms. The summed E-state index contributed by atoms with van der Waals surface area (Å²) in [5, 5.41) is 9.36. The molecule has 0 aliphatic carbocycles. The highest BCUT2D eigenvalue weighted by Crippen LogP contribution is 2.31. The highest BCUT2D eigenvalue weighted by atomic mass is 32.2. The molecule has 0 bridgehead atoms. The summed E-state index contributed by atoms with van der Waals surface area (Å²) in [6.45, 7) is 5.05. The van der Waals surface area contributed by atoms with Crippen LogP contribution in [-0.2, 0) is 15.3 Å². The Balaban J connectivity index is 2.29. The maximum absolute atomic E-state index is 12.7. The van der Waals surface area contributed by atoms with Crippen LogP contribution < -0.4 is 0 Å². The Morgan fingerprint density at radius 2 is 2.12 bits per heavy atom. The number of H-pyrrole nitrogens is 1. The van der Waals surface area contributed by atoms with Gasteiger partial charge in [0.15, 0.2) is 9.84 Å². The van der Waals surface area contributed by atoms with Crippen LogP contribution in [0.15, 0.2) is 41.7 Å². The lowest BCUT2D eigenvalue weighted by Crippen LogP contribution is -2.16. The number of aromatic amines is 1. The van der Waals surface area contributed by atoms with E-state index in [1.807, 2.05) is 4.40 Å². The molecule has 3 aromatic heterocycles. The van der Waals surface area contributed by atoms with Crippen molar-refractivity contribution in [2.45, 2.75) is 31.1 Å². The number of nitriles is 1. The van der Waals surface area contributed by atoms with Gasteiger partial charge in [0.05, 0.1) is 27.8 Å². The van der Waals surface area contributed by atoms with Gasteiger partial charge in [-0.15, -0.1) is 0 Å². The predicted molar refractivity (Wildman–Crippen MR) is 102 cm³/mol. The largest absolute Gasteiger partial charge is 0.338 e. The molecule has 0 saturated carbocycles. The first kappa shape index (κ1) is 18.3. The van der Waals surface area contributed by atoms with E-state index < -0.39 is 15.3 Å². The molecule has 0 fully saturated rings. The lowest BCUT2D eigenvalue weighted by molar-refractivity contribution is 0.596. The summed E-state index contributed by atoms with van der Waals surface area (Å²) in [5.41, 5.74) is 1.37. The summed E-state index contributed by atoms with van der Waals surface area (Å²) in [5.74, 6) is -0.0538. The normalized spacial score (nSPS) is 12.2. The fraction of sp³-hybridized carbons (Fsp3) is 0.278. The second kappa shape index (κ2) is 6.34. The molecular formula is C18H18N4O2S2. The Morgan fingerprint density at radius 3 is 2.77 bits per heavy atom. The maximum Gasteiger partial charge on any atom is 0.180 e. The number of rotatable bonds is 4. The van der Waals surface area contributed by atoms with Gasteiger partial charge >= 0.3 is 0 Å². The monoisotopic (exact) mass is 386 g/mol. The topological polar surface area (TPSA) is 91.0 Å². The van der Waals surface area contributed by atoms with Crippen LogP contribution in [0.4, 0.5) is 0 Å². The van der Waals surface area contributed by atoms with Gasteiger partial charge in [-0.3, -0.25) is 4.98 Å². The zero-order valence-electron chi connectivity index (χ0n) is 14.6. The number of nitrogens with one attached hydrogen (secondary N) is 1. The Bertz CT molecular complexity index is 1200. The van der Waals surface area contributed by atoms with Crippen molar-refractivity contribution >= 4 is 27.7 Å². The third-order valence-corrected chi connectivity index (χ3v) is 6.31. The van der Waals surface area contributed by atoms with Crippen molar-refractivity contribution in [1.29, 1.82) is 5.26 Å². The number of fused-ring (bicyclic) bond motifs is 1. The fourth-order valence-corrected chi connectivity index (χ4v) is 3.83. The summed E-state index contributed by atoms with van der Waals surface area (Å²) >= 11 is 5.17. The lowest BCUT2D eigenvalue weighted by Gasteiger charge is -2.17. The molecule has 0 aromatic carbocycles. The van der Waals surface area contributed by atoms with Gasteiger partial charge in [-0.1, -0.05) is 19.1 Å². The molecule has 0 aliphatic rings. The van der Waals surface area contributed by atoms with E-state index in [4.69, 9.17) is 12.2 Å². The van der Waals surface area contributed by atoms with Gasteiger partial charge < -0.3 is 9.38 Å². The summed E-state index contributed by atoms with van der Waals surface area (Å²) in [7, 11) is -3.54. The van der Waals surface area contributed by atoms with Crippen molar-refractivity contribution < 1.29 is 8.42 Å². The highest BCUT2D eigenvalue weighted by molar-refractivity contribution is 7.91. The minimum atomic E-state index is -3.54. The Labute approximate surface area is 157 Å². The van der Waals surface area contributed by atoms with Crippen molar-refractivity contribution in [3.63, 3.8) is 0 Å². The van der Waals surface area contributed by atoms with Gasteiger partial charge in [0.1, 0.15) is 11.3 Å². The predicted octanol–water partition coefficient (Wildman–Crippen LogP) is 3.65. The SMILES string of the molecule is CCS(=O)(=O)c1cc(C(C)(C)C#N)cnc1-c1cn2ccc(=S)cc2[nH]1. The Hall–Kier alpha value is -2.50. The van der Waals surface area contributed by atoms with Crippen molar-refractivity contribution in [2.75, 3.05) is 5.75 Å². The molecule has 134 valence electrons. The molecule has 0 unspecified atom stereocenters. The standard InChI is InChI=1S/C18H18N4O2S2/c1-4-26(23,24)15-7-12(18(2,3)11-19)9-20-17(15)14-10-22-6-5-13(25)8-16(22)21-14/h5-10,21H,4H2,1-3H3. The molecule has 6 nitrogen and oxygen atoms in total. The quantitative estimate of drug-likeness (QED) is 0.691. The van der Waals surface area contributed by atoms with Crippen LogP contribution in [0.5, 0.6) is 0 Å². The summed E-state index contributed by atoms with van der Waals surface area (Å²) in [6, 6.07) is 7.32. The van der Waals surface area contributed by atoms with Crippen LogP contribution in [0.25, 0.3) is 17.0 Å². The number of aromatic nitrogens is 3.